The van der Waals surface area contributed by atoms with Gasteiger partial charge in [-0.1, -0.05) is 6.07 Å². The quantitative estimate of drug-likeness (QED) is 0.766. The highest BCUT2D eigenvalue weighted by Crippen LogP contribution is 2.17. The minimum atomic E-state index is -0.0278. The van der Waals surface area contributed by atoms with Crippen molar-refractivity contribution < 1.29 is 4.79 Å². The number of nitrogens with zero attached hydrogens (tertiary/aromatic N) is 2. The van der Waals surface area contributed by atoms with E-state index in [1.165, 1.54) is 0 Å². The molecule has 0 bridgehead atoms. The van der Waals surface area contributed by atoms with E-state index in [0.29, 0.717) is 0 Å². The number of carbonyl (C=O) groups excluding carboxylic acids is 1. The summed E-state index contributed by atoms with van der Waals surface area (Å²) in [6.07, 6.45) is 4.77. The largest absolute Gasteiger partial charge is 0.356 e. The summed E-state index contributed by atoms with van der Waals surface area (Å²) in [6, 6.07) is 6.49. The maximum atomic E-state index is 11.9. The monoisotopic (exact) mass is 289 g/mol. The molecule has 0 aromatic carbocycles. The van der Waals surface area contributed by atoms with Crippen LogP contribution in [0.15, 0.2) is 24.4 Å². The highest BCUT2D eigenvalue weighted by atomic mass is 16.2. The molecule has 2 saturated heterocycles. The molecule has 2 amide bonds. The maximum Gasteiger partial charge on any atom is 0.315 e. The van der Waals surface area contributed by atoms with E-state index in [1.807, 2.05) is 24.4 Å². The van der Waals surface area contributed by atoms with Crippen LogP contribution >= 0.6 is 0 Å². The van der Waals surface area contributed by atoms with Gasteiger partial charge < -0.3 is 20.9 Å². The SMILES string of the molecule is O=C(NC1CCN(c2ccccn2)CC1)NC1CCNC1. The molecule has 114 valence electrons. The van der Waals surface area contributed by atoms with E-state index in [-0.39, 0.29) is 18.1 Å². The minimum Gasteiger partial charge on any atom is -0.356 e. The Morgan fingerprint density at radius 2 is 2.00 bits per heavy atom. The van der Waals surface area contributed by atoms with Crippen molar-refractivity contribution in [2.75, 3.05) is 31.1 Å². The zero-order valence-electron chi connectivity index (χ0n) is 12.2. The van der Waals surface area contributed by atoms with Gasteiger partial charge in [0.2, 0.25) is 0 Å². The van der Waals surface area contributed by atoms with Crippen LogP contribution in [0.5, 0.6) is 0 Å². The molecule has 1 atom stereocenters. The van der Waals surface area contributed by atoms with Crippen molar-refractivity contribution in [2.45, 2.75) is 31.3 Å². The first-order valence-electron chi connectivity index (χ1n) is 7.75. The van der Waals surface area contributed by atoms with Crippen LogP contribution in [0.4, 0.5) is 10.6 Å². The number of hydrogen-bond acceptors (Lipinski definition) is 4. The molecule has 6 heteroatoms. The summed E-state index contributed by atoms with van der Waals surface area (Å²) in [4.78, 5) is 18.6. The molecule has 3 N–H and O–H groups in total. The van der Waals surface area contributed by atoms with Gasteiger partial charge in [0.05, 0.1) is 0 Å². The lowest BCUT2D eigenvalue weighted by Gasteiger charge is -2.33. The lowest BCUT2D eigenvalue weighted by molar-refractivity contribution is 0.231. The molecule has 21 heavy (non-hydrogen) atoms. The van der Waals surface area contributed by atoms with Crippen molar-refractivity contribution in [1.82, 2.24) is 20.9 Å². The number of carbonyl (C=O) groups is 1. The number of urea groups is 1. The van der Waals surface area contributed by atoms with E-state index < -0.39 is 0 Å². The summed E-state index contributed by atoms with van der Waals surface area (Å²) >= 11 is 0. The Kier molecular flexibility index (Phi) is 4.55. The Morgan fingerprint density at radius 3 is 2.67 bits per heavy atom. The lowest BCUT2D eigenvalue weighted by atomic mass is 10.1. The van der Waals surface area contributed by atoms with Crippen LogP contribution in [0.25, 0.3) is 0 Å². The number of aromatic nitrogens is 1. The van der Waals surface area contributed by atoms with Gasteiger partial charge in [-0.15, -0.1) is 0 Å². The Balaban J connectivity index is 1.42. The summed E-state index contributed by atoms with van der Waals surface area (Å²) in [7, 11) is 0. The molecule has 0 saturated carbocycles. The predicted molar refractivity (Wildman–Crippen MR) is 82.4 cm³/mol. The molecule has 2 fully saturated rings. The summed E-state index contributed by atoms with van der Waals surface area (Å²) in [6.45, 7) is 3.75. The third kappa shape index (κ3) is 3.85. The van der Waals surface area contributed by atoms with E-state index in [0.717, 1.165) is 51.3 Å². The van der Waals surface area contributed by atoms with Crippen LogP contribution in [-0.4, -0.2) is 49.3 Å². The van der Waals surface area contributed by atoms with E-state index in [1.54, 1.807) is 0 Å². The molecular weight excluding hydrogens is 266 g/mol. The first-order chi connectivity index (χ1) is 10.3. The third-order valence-electron chi connectivity index (χ3n) is 4.20. The third-order valence-corrected chi connectivity index (χ3v) is 4.20. The van der Waals surface area contributed by atoms with Crippen molar-refractivity contribution >= 4 is 11.8 Å². The number of nitrogens with one attached hydrogen (secondary N) is 3. The molecule has 0 radical (unpaired) electrons. The predicted octanol–water partition coefficient (Wildman–Crippen LogP) is 0.711. The van der Waals surface area contributed by atoms with Crippen LogP contribution in [0.2, 0.25) is 0 Å². The average Bonchev–Trinajstić information content (AvgIpc) is 3.02. The standard InChI is InChI=1S/C15H23N5O/c21-15(19-13-4-8-16-11-13)18-12-5-9-20(10-6-12)14-3-1-2-7-17-14/h1-3,7,12-13,16H,4-6,8-11H2,(H2,18,19,21). The van der Waals surface area contributed by atoms with E-state index in [9.17, 15) is 4.79 Å². The molecule has 2 aliphatic heterocycles. The zero-order valence-corrected chi connectivity index (χ0v) is 12.2. The van der Waals surface area contributed by atoms with E-state index >= 15 is 0 Å². The Bertz CT molecular complexity index is 452. The number of anilines is 1. The summed E-state index contributed by atoms with van der Waals surface area (Å²) in [5.74, 6) is 1.03. The molecule has 0 spiro atoms. The second-order valence-electron chi connectivity index (χ2n) is 5.76. The van der Waals surface area contributed by atoms with Gasteiger partial charge in [0.25, 0.3) is 0 Å². The topological polar surface area (TPSA) is 69.3 Å². The van der Waals surface area contributed by atoms with Crippen LogP contribution in [0.3, 0.4) is 0 Å². The summed E-state index contributed by atoms with van der Waals surface area (Å²) in [5.41, 5.74) is 0. The highest BCUT2D eigenvalue weighted by molar-refractivity contribution is 5.74. The highest BCUT2D eigenvalue weighted by Gasteiger charge is 2.23. The molecule has 2 aliphatic rings. The van der Waals surface area contributed by atoms with Crippen molar-refractivity contribution in [2.24, 2.45) is 0 Å². The fourth-order valence-electron chi connectivity index (χ4n) is 2.98. The number of pyridine rings is 1. The van der Waals surface area contributed by atoms with E-state index in [4.69, 9.17) is 0 Å². The molecular formula is C15H23N5O. The van der Waals surface area contributed by atoms with Gasteiger partial charge in [0.15, 0.2) is 0 Å². The Morgan fingerprint density at radius 1 is 1.19 bits per heavy atom. The molecule has 0 aliphatic carbocycles. The molecule has 1 unspecified atom stereocenters. The Hall–Kier alpha value is -1.82. The molecule has 1 aromatic heterocycles. The van der Waals surface area contributed by atoms with Gasteiger partial charge >= 0.3 is 6.03 Å². The van der Waals surface area contributed by atoms with Gasteiger partial charge in [-0.25, -0.2) is 9.78 Å². The maximum absolute atomic E-state index is 11.9. The second kappa shape index (κ2) is 6.76. The molecule has 3 rings (SSSR count). The van der Waals surface area contributed by atoms with Gasteiger partial charge in [0, 0.05) is 37.9 Å². The molecule has 6 nitrogen and oxygen atoms in total. The van der Waals surface area contributed by atoms with Gasteiger partial charge in [-0.2, -0.15) is 0 Å². The first kappa shape index (κ1) is 14.1. The first-order valence-corrected chi connectivity index (χ1v) is 7.75. The molecule has 1 aromatic rings. The number of hydrogen-bond donors (Lipinski definition) is 3. The van der Waals surface area contributed by atoms with Gasteiger partial charge in [0.1, 0.15) is 5.82 Å². The average molecular weight is 289 g/mol. The van der Waals surface area contributed by atoms with Crippen molar-refractivity contribution in [3.8, 4) is 0 Å². The van der Waals surface area contributed by atoms with Crippen molar-refractivity contribution in [3.05, 3.63) is 24.4 Å². The van der Waals surface area contributed by atoms with Crippen molar-refractivity contribution in [1.29, 1.82) is 0 Å². The number of rotatable bonds is 3. The number of amides is 2. The van der Waals surface area contributed by atoms with Crippen LogP contribution in [0, 0.1) is 0 Å². The minimum absolute atomic E-state index is 0.0278. The van der Waals surface area contributed by atoms with Gasteiger partial charge in [-0.05, 0) is 37.9 Å². The summed E-state index contributed by atoms with van der Waals surface area (Å²) < 4.78 is 0. The fraction of sp³-hybridized carbons (Fsp3) is 0.600. The fourth-order valence-corrected chi connectivity index (χ4v) is 2.98. The van der Waals surface area contributed by atoms with Crippen LogP contribution in [-0.2, 0) is 0 Å². The van der Waals surface area contributed by atoms with Crippen LogP contribution < -0.4 is 20.9 Å². The normalized spacial score (nSPS) is 23.0. The Labute approximate surface area is 125 Å². The zero-order chi connectivity index (χ0) is 14.5. The molecule has 3 heterocycles. The second-order valence-corrected chi connectivity index (χ2v) is 5.76. The van der Waals surface area contributed by atoms with Crippen molar-refractivity contribution in [3.63, 3.8) is 0 Å². The van der Waals surface area contributed by atoms with Gasteiger partial charge in [-0.3, -0.25) is 0 Å². The lowest BCUT2D eigenvalue weighted by Crippen LogP contribution is -2.50. The smallest absolute Gasteiger partial charge is 0.315 e. The summed E-state index contributed by atoms with van der Waals surface area (Å²) in [5, 5.41) is 9.37. The number of piperidine rings is 1. The van der Waals surface area contributed by atoms with Crippen LogP contribution in [0.1, 0.15) is 19.3 Å². The van der Waals surface area contributed by atoms with E-state index in [2.05, 4.69) is 25.8 Å².